The van der Waals surface area contributed by atoms with E-state index in [4.69, 9.17) is 31.3 Å². The van der Waals surface area contributed by atoms with Gasteiger partial charge in [-0.25, -0.2) is 33.1 Å². The van der Waals surface area contributed by atoms with Gasteiger partial charge in [0.2, 0.25) is 11.5 Å². The Bertz CT molecular complexity index is 2010. The lowest BCUT2D eigenvalue weighted by Crippen LogP contribution is -2.48. The van der Waals surface area contributed by atoms with Crippen LogP contribution < -0.4 is 10.3 Å². The van der Waals surface area contributed by atoms with Gasteiger partial charge in [0.1, 0.15) is 30.0 Å². The number of azide groups is 1. The van der Waals surface area contributed by atoms with Crippen LogP contribution in [0.2, 0.25) is 0 Å². The summed E-state index contributed by atoms with van der Waals surface area (Å²) < 4.78 is 62.2. The summed E-state index contributed by atoms with van der Waals surface area (Å²) in [6.07, 6.45) is -1.82. The fourth-order valence-electron chi connectivity index (χ4n) is 5.44. The molecule has 2 aliphatic heterocycles. The van der Waals surface area contributed by atoms with E-state index in [1.165, 1.54) is 17.8 Å². The van der Waals surface area contributed by atoms with E-state index in [0.717, 1.165) is 10.9 Å². The fourth-order valence-corrected chi connectivity index (χ4v) is 5.44. The van der Waals surface area contributed by atoms with E-state index in [2.05, 4.69) is 39.9 Å². The number of aryl methyl sites for hydroxylation is 2. The number of alkyl halides is 3. The zero-order valence-electron chi connectivity index (χ0n) is 26.0. The van der Waals surface area contributed by atoms with Crippen LogP contribution >= 0.6 is 0 Å². The number of aromatic nitrogens is 8. The van der Waals surface area contributed by atoms with Gasteiger partial charge in [-0.05, 0) is 26.3 Å². The number of halogens is 3. The quantitative estimate of drug-likeness (QED) is 0.0711. The Morgan fingerprint density at radius 3 is 2.43 bits per heavy atom. The standard InChI is InChI=1S/C14H18FN7O4.C13H12F2N4O4/c1-3-25-12-9-11(19-7(2)20-12)22(6-17-9)13-8(15)10(24)14(5-23,26-13)4-18-21-16;1-3-12(14)10(22)13(15,4-20)23-11(12)19-5-16-7-8(19)17-6(2)18-9(7)21/h6,8,10,13,23-24H,3-5H2,1-2H3;1,5,10-11,20,22H,4H2,2H3,(H,17,18,21)/t8-,10+,13-,14-;10-,11+,12+,13+/m10/s1. The van der Waals surface area contributed by atoms with Gasteiger partial charge >= 0.3 is 0 Å². The molecule has 19 nitrogen and oxygen atoms in total. The van der Waals surface area contributed by atoms with Crippen molar-refractivity contribution in [3.63, 3.8) is 0 Å². The van der Waals surface area contributed by atoms with Gasteiger partial charge in [0.15, 0.2) is 47.1 Å². The monoisotopic (exact) mass is 693 g/mol. The Balaban J connectivity index is 0.000000192. The molecule has 8 atom stereocenters. The molecule has 262 valence electrons. The maximum Gasteiger partial charge on any atom is 0.279 e. The summed E-state index contributed by atoms with van der Waals surface area (Å²) in [6.45, 7) is 2.83. The minimum atomic E-state index is -3.10. The van der Waals surface area contributed by atoms with Crippen molar-refractivity contribution in [2.75, 3.05) is 26.4 Å². The predicted octanol–water partition coefficient (Wildman–Crippen LogP) is 0.120. The number of hydrogen-bond donors (Lipinski definition) is 5. The molecule has 4 aromatic rings. The van der Waals surface area contributed by atoms with Gasteiger partial charge < -0.3 is 39.6 Å². The largest absolute Gasteiger partial charge is 0.476 e. The number of hydrogen-bond acceptors (Lipinski definition) is 14. The molecule has 0 spiro atoms. The number of nitrogens with zero attached hydrogens (tertiary/aromatic N) is 10. The average Bonchev–Trinajstić information content (AvgIpc) is 3.81. The third-order valence-electron chi connectivity index (χ3n) is 7.91. The highest BCUT2D eigenvalue weighted by Gasteiger charge is 2.66. The van der Waals surface area contributed by atoms with Crippen LogP contribution in [0.5, 0.6) is 5.88 Å². The fraction of sp³-hybridized carbons (Fsp3) is 0.556. The molecule has 0 unspecified atom stereocenters. The van der Waals surface area contributed by atoms with Gasteiger partial charge in [0.05, 0.1) is 32.4 Å². The molecule has 2 saturated heterocycles. The highest BCUT2D eigenvalue weighted by atomic mass is 19.2. The molecular weight excluding hydrogens is 663 g/mol. The van der Waals surface area contributed by atoms with Crippen molar-refractivity contribution in [1.29, 1.82) is 0 Å². The first kappa shape index (κ1) is 35.4. The third kappa shape index (κ3) is 5.80. The molecule has 49 heavy (non-hydrogen) atoms. The van der Waals surface area contributed by atoms with Gasteiger partial charge in [-0.1, -0.05) is 11.0 Å². The van der Waals surface area contributed by atoms with Crippen molar-refractivity contribution in [2.24, 2.45) is 5.11 Å². The predicted molar refractivity (Wildman–Crippen MR) is 159 cm³/mol. The van der Waals surface area contributed by atoms with E-state index >= 15 is 0 Å². The SMILES string of the molecule is C#C[C@]1(F)[C@H](n2cnc3c(=O)[nH]c(C)nc32)O[C@](F)(CO)[C@H]1O.CCOc1nc(C)nc2c1ncn2[C@@H]1O[C@@](CO)(CN=[N+]=[N-])[C@@H](O)[C@H]1F. The lowest BCUT2D eigenvalue weighted by Gasteiger charge is -2.27. The Labute approximate surface area is 273 Å². The number of fused-ring (bicyclic) bond motifs is 2. The summed E-state index contributed by atoms with van der Waals surface area (Å²) in [6, 6.07) is 0. The first-order valence-electron chi connectivity index (χ1n) is 14.5. The first-order chi connectivity index (χ1) is 23.2. The van der Waals surface area contributed by atoms with Crippen LogP contribution in [0.25, 0.3) is 32.8 Å². The molecule has 0 aromatic carbocycles. The minimum Gasteiger partial charge on any atom is -0.476 e. The summed E-state index contributed by atoms with van der Waals surface area (Å²) >= 11 is 0. The number of nitrogens with one attached hydrogen (secondary N) is 1. The highest BCUT2D eigenvalue weighted by molar-refractivity contribution is 5.76. The molecule has 0 aliphatic carbocycles. The maximum absolute atomic E-state index is 14.9. The summed E-state index contributed by atoms with van der Waals surface area (Å²) in [7, 11) is 0. The molecule has 0 saturated carbocycles. The van der Waals surface area contributed by atoms with Gasteiger partial charge in [-0.3, -0.25) is 13.9 Å². The molecule has 0 amide bonds. The lowest BCUT2D eigenvalue weighted by atomic mass is 9.96. The van der Waals surface area contributed by atoms with Gasteiger partial charge in [0, 0.05) is 4.91 Å². The molecule has 6 rings (SSSR count). The van der Waals surface area contributed by atoms with Crippen molar-refractivity contribution in [3.05, 3.63) is 45.1 Å². The number of rotatable bonds is 8. The van der Waals surface area contributed by atoms with Gasteiger partial charge in [-0.2, -0.15) is 4.98 Å². The molecule has 2 aliphatic rings. The van der Waals surface area contributed by atoms with Crippen molar-refractivity contribution < 1.29 is 47.8 Å². The number of ether oxygens (including phenoxy) is 3. The van der Waals surface area contributed by atoms with E-state index in [1.807, 2.05) is 0 Å². The molecule has 0 radical (unpaired) electrons. The zero-order valence-corrected chi connectivity index (χ0v) is 26.0. The van der Waals surface area contributed by atoms with Gasteiger partial charge in [0.25, 0.3) is 11.4 Å². The Kier molecular flexibility index (Phi) is 9.55. The van der Waals surface area contributed by atoms with Crippen LogP contribution in [0.4, 0.5) is 13.2 Å². The van der Waals surface area contributed by atoms with E-state index in [-0.39, 0.29) is 28.5 Å². The topological polar surface area (TPSA) is 265 Å². The maximum atomic E-state index is 14.9. The summed E-state index contributed by atoms with van der Waals surface area (Å²) in [5.41, 5.74) is 3.52. The summed E-state index contributed by atoms with van der Waals surface area (Å²) in [4.78, 5) is 37.1. The van der Waals surface area contributed by atoms with E-state index in [0.29, 0.717) is 17.9 Å². The van der Waals surface area contributed by atoms with Crippen molar-refractivity contribution in [3.8, 4) is 18.2 Å². The molecule has 4 aromatic heterocycles. The van der Waals surface area contributed by atoms with Crippen LogP contribution in [0.1, 0.15) is 31.0 Å². The van der Waals surface area contributed by atoms with E-state index in [9.17, 15) is 33.3 Å². The first-order valence-corrected chi connectivity index (χ1v) is 14.5. The molecule has 6 heterocycles. The van der Waals surface area contributed by atoms with E-state index in [1.54, 1.807) is 19.8 Å². The third-order valence-corrected chi connectivity index (χ3v) is 7.91. The second-order valence-corrected chi connectivity index (χ2v) is 11.0. The van der Waals surface area contributed by atoms with E-state index < -0.39 is 73.3 Å². The number of aromatic amines is 1. The van der Waals surface area contributed by atoms with Crippen LogP contribution in [-0.2, 0) is 9.47 Å². The molecular formula is C27H30F3N11O8. The smallest absolute Gasteiger partial charge is 0.279 e. The number of terminal acetylenes is 1. The highest BCUT2D eigenvalue weighted by Crippen LogP contribution is 2.48. The van der Waals surface area contributed by atoms with Crippen LogP contribution in [-0.4, -0.2) is 121 Å². The van der Waals surface area contributed by atoms with Crippen molar-refractivity contribution >= 4 is 22.3 Å². The summed E-state index contributed by atoms with van der Waals surface area (Å²) in [5.74, 6) is -0.589. The second kappa shape index (κ2) is 13.2. The Morgan fingerprint density at radius 2 is 1.80 bits per heavy atom. The van der Waals surface area contributed by atoms with Crippen molar-refractivity contribution in [1.82, 2.24) is 39.0 Å². The minimum absolute atomic E-state index is 0.0945. The zero-order chi connectivity index (χ0) is 35.9. The number of aliphatic hydroxyl groups excluding tert-OH is 4. The van der Waals surface area contributed by atoms with Crippen molar-refractivity contribution in [2.45, 2.75) is 68.7 Å². The van der Waals surface area contributed by atoms with Crippen LogP contribution in [0.3, 0.4) is 0 Å². The molecule has 2 fully saturated rings. The number of aliphatic hydroxyl groups is 4. The Morgan fingerprint density at radius 1 is 1.12 bits per heavy atom. The normalized spacial score (nSPS) is 30.9. The number of imidazole rings is 2. The molecule has 22 heteroatoms. The van der Waals surface area contributed by atoms with Crippen LogP contribution in [0.15, 0.2) is 22.6 Å². The second-order valence-electron chi connectivity index (χ2n) is 11.0. The lowest BCUT2D eigenvalue weighted by molar-refractivity contribution is -0.206. The Hall–Kier alpha value is -4.88. The molecule has 5 N–H and O–H groups in total. The average molecular weight is 694 g/mol. The number of H-pyrrole nitrogens is 1. The van der Waals surface area contributed by atoms with Crippen LogP contribution in [0, 0.1) is 26.2 Å². The summed E-state index contributed by atoms with van der Waals surface area (Å²) in [5, 5.41) is 42.0. The molecule has 0 bridgehead atoms. The van der Waals surface area contributed by atoms with Gasteiger partial charge in [-0.15, -0.1) is 6.42 Å².